The van der Waals surface area contributed by atoms with Crippen molar-refractivity contribution in [1.82, 2.24) is 30.4 Å². The van der Waals surface area contributed by atoms with Crippen LogP contribution in [0.25, 0.3) is 11.3 Å². The number of carboxylic acid groups (broad SMARTS) is 2. The molecule has 5 heterocycles. The van der Waals surface area contributed by atoms with E-state index in [4.69, 9.17) is 13.9 Å². The van der Waals surface area contributed by atoms with Crippen LogP contribution < -0.4 is 20.1 Å². The molecule has 4 N–H and O–H groups in total. The first-order valence-electron chi connectivity index (χ1n) is 19.7. The van der Waals surface area contributed by atoms with E-state index in [1.54, 1.807) is 96.8 Å². The van der Waals surface area contributed by atoms with Crippen molar-refractivity contribution in [2.24, 2.45) is 22.7 Å². The number of carbonyl (C=O) groups excluding carboxylic acids is 4. The Morgan fingerprint density at radius 2 is 1.21 bits per heavy atom. The van der Waals surface area contributed by atoms with Gasteiger partial charge >= 0.3 is 24.1 Å². The van der Waals surface area contributed by atoms with Crippen LogP contribution in [0.1, 0.15) is 54.4 Å². The van der Waals surface area contributed by atoms with Gasteiger partial charge in [-0.1, -0.05) is 41.5 Å². The number of hydrogen-bond donors (Lipinski definition) is 4. The van der Waals surface area contributed by atoms with Gasteiger partial charge in [0, 0.05) is 55.0 Å². The highest BCUT2D eigenvalue weighted by Crippen LogP contribution is 2.32. The quantitative estimate of drug-likeness (QED) is 0.163. The molecule has 0 spiro atoms. The molecule has 2 saturated heterocycles. The number of carbonyl (C=O) groups is 6. The fourth-order valence-corrected chi connectivity index (χ4v) is 7.34. The monoisotopic (exact) mass is 930 g/mol. The second kappa shape index (κ2) is 21.2. The van der Waals surface area contributed by atoms with E-state index in [2.05, 4.69) is 46.0 Å². The van der Waals surface area contributed by atoms with Crippen LogP contribution in [0, 0.1) is 22.7 Å². The lowest BCUT2D eigenvalue weighted by atomic mass is 9.85. The SMILES string of the molecule is COC(=O)N[C@H](C(=O)N1C[C@H](COc2ccnc(-c3ccoc3)c2)C[C@H]1C(=O)O)C(C)(C)C.COC(=O)N[C@H](C(=O)N1C[C@H](COc2ccnc(Br)c2)C[C@H]1C(=O)O)C(C)(C)C. The first kappa shape index (κ1) is 48.7. The number of alkyl carbamates (subject to hydrolysis) is 2. The smallest absolute Gasteiger partial charge is 0.407 e. The summed E-state index contributed by atoms with van der Waals surface area (Å²) < 4.78 is 26.6. The molecule has 0 radical (unpaired) electrons. The largest absolute Gasteiger partial charge is 0.493 e. The molecule has 0 bridgehead atoms. The van der Waals surface area contributed by atoms with Crippen molar-refractivity contribution in [3.8, 4) is 22.8 Å². The van der Waals surface area contributed by atoms with Gasteiger partial charge in [-0.25, -0.2) is 24.2 Å². The number of aliphatic carboxylic acids is 2. The Bertz CT molecular complexity index is 2040. The molecule has 0 unspecified atom stereocenters. The second-order valence-electron chi connectivity index (χ2n) is 17.1. The van der Waals surface area contributed by atoms with Crippen LogP contribution in [0.2, 0.25) is 0 Å². The normalized spacial score (nSPS) is 19.6. The summed E-state index contributed by atoms with van der Waals surface area (Å²) in [6.45, 7) is 11.7. The third kappa shape index (κ3) is 13.3. The van der Waals surface area contributed by atoms with E-state index in [-0.39, 0.29) is 51.0 Å². The number of nitrogens with one attached hydrogen (secondary N) is 2. The van der Waals surface area contributed by atoms with Gasteiger partial charge in [-0.05, 0) is 57.8 Å². The number of halogens is 1. The molecule has 6 atom stereocenters. The summed E-state index contributed by atoms with van der Waals surface area (Å²) in [6, 6.07) is 4.84. The maximum Gasteiger partial charge on any atom is 0.407 e. The van der Waals surface area contributed by atoms with E-state index >= 15 is 0 Å². The second-order valence-corrected chi connectivity index (χ2v) is 17.9. The van der Waals surface area contributed by atoms with Crippen molar-refractivity contribution in [2.45, 2.75) is 78.6 Å². The fourth-order valence-electron chi connectivity index (χ4n) is 7.00. The van der Waals surface area contributed by atoms with Crippen LogP contribution in [0.15, 0.2) is 64.3 Å². The zero-order valence-corrected chi connectivity index (χ0v) is 37.5. The van der Waals surface area contributed by atoms with Crippen LogP contribution in [0.3, 0.4) is 0 Å². The molecule has 5 rings (SSSR count). The van der Waals surface area contributed by atoms with Crippen molar-refractivity contribution in [3.63, 3.8) is 0 Å². The topological polar surface area (TPSA) is 249 Å². The van der Waals surface area contributed by atoms with Gasteiger partial charge in [0.1, 0.15) is 40.3 Å². The van der Waals surface area contributed by atoms with Gasteiger partial charge in [0.25, 0.3) is 0 Å². The van der Waals surface area contributed by atoms with E-state index in [0.717, 1.165) is 5.56 Å². The van der Waals surface area contributed by atoms with Crippen LogP contribution >= 0.6 is 15.9 Å². The maximum absolute atomic E-state index is 13.3. The van der Waals surface area contributed by atoms with Crippen LogP contribution in [0.4, 0.5) is 9.59 Å². The number of hydrogen-bond acceptors (Lipinski definition) is 13. The summed E-state index contributed by atoms with van der Waals surface area (Å²) in [6.07, 6.45) is 5.37. The van der Waals surface area contributed by atoms with E-state index in [1.165, 1.54) is 24.0 Å². The number of amides is 4. The standard InChI is InChI=1S/C23H29N3O7.C19H26BrN3O6/c1-23(2,3)19(25-22(30)31-4)20(27)26-11-14(9-18(26)21(28)29)12-33-16-5-7-24-17(10-16)15-6-8-32-13-15;1-19(2,3)15(22-18(27)28-4)16(24)23-9-11(7-13(23)17(25)26)10-29-12-5-6-21-14(20)8-12/h5-8,10,13-14,18-19H,9,11-12H2,1-4H3,(H,25,30)(H,28,29);5-6,8,11,13,15H,7,9-10H2,1-4H3,(H,22,27)(H,25,26)/t14-,18+,19-;11-,13+,15-/m11/s1. The molecular formula is C42H55BrN6O13. The number of carboxylic acids is 2. The number of aromatic nitrogens is 2. The van der Waals surface area contributed by atoms with Crippen molar-refractivity contribution < 1.29 is 62.3 Å². The third-order valence-corrected chi connectivity index (χ3v) is 10.7. The Kier molecular flexibility index (Phi) is 16.7. The van der Waals surface area contributed by atoms with Crippen LogP contribution in [0.5, 0.6) is 11.5 Å². The molecule has 62 heavy (non-hydrogen) atoms. The summed E-state index contributed by atoms with van der Waals surface area (Å²) in [5.74, 6) is -2.27. The predicted molar refractivity (Wildman–Crippen MR) is 225 cm³/mol. The Balaban J connectivity index is 0.000000275. The van der Waals surface area contributed by atoms with Crippen molar-refractivity contribution in [2.75, 3.05) is 40.5 Å². The molecular weight excluding hydrogens is 876 g/mol. The number of methoxy groups -OCH3 is 2. The lowest BCUT2D eigenvalue weighted by Gasteiger charge is -2.34. The highest BCUT2D eigenvalue weighted by atomic mass is 79.9. The third-order valence-electron chi connectivity index (χ3n) is 10.3. The Morgan fingerprint density at radius 3 is 1.60 bits per heavy atom. The Hall–Kier alpha value is -5.92. The molecule has 3 aromatic heterocycles. The lowest BCUT2D eigenvalue weighted by molar-refractivity contribution is -0.150. The average Bonchev–Trinajstić information content (AvgIpc) is 4.00. The van der Waals surface area contributed by atoms with Crippen molar-refractivity contribution in [3.05, 3.63) is 59.9 Å². The predicted octanol–water partition coefficient (Wildman–Crippen LogP) is 5.09. The first-order chi connectivity index (χ1) is 29.1. The number of rotatable bonds is 13. The van der Waals surface area contributed by atoms with Crippen molar-refractivity contribution in [1.29, 1.82) is 0 Å². The lowest BCUT2D eigenvalue weighted by Crippen LogP contribution is -2.56. The number of pyridine rings is 2. The summed E-state index contributed by atoms with van der Waals surface area (Å²) >= 11 is 3.27. The Labute approximate surface area is 367 Å². The summed E-state index contributed by atoms with van der Waals surface area (Å²) in [5.41, 5.74) is 0.223. The van der Waals surface area contributed by atoms with Gasteiger partial charge < -0.3 is 54.0 Å². The van der Waals surface area contributed by atoms with Gasteiger partial charge in [0.05, 0.1) is 45.7 Å². The number of ether oxygens (including phenoxy) is 4. The molecule has 2 aliphatic rings. The average molecular weight is 932 g/mol. The molecule has 0 saturated carbocycles. The summed E-state index contributed by atoms with van der Waals surface area (Å²) in [7, 11) is 2.42. The highest BCUT2D eigenvalue weighted by Gasteiger charge is 2.46. The molecule has 2 aliphatic heterocycles. The number of likely N-dealkylation sites (tertiary alicyclic amines) is 2. The minimum absolute atomic E-state index is 0.161. The molecule has 3 aromatic rings. The van der Waals surface area contributed by atoms with Gasteiger partial charge in [-0.15, -0.1) is 0 Å². The van der Waals surface area contributed by atoms with Gasteiger partial charge in [-0.3, -0.25) is 14.6 Å². The first-order valence-corrected chi connectivity index (χ1v) is 20.5. The fraction of sp³-hybridized carbons (Fsp3) is 0.524. The van der Waals surface area contributed by atoms with Crippen molar-refractivity contribution >= 4 is 51.9 Å². The molecule has 338 valence electrons. The summed E-state index contributed by atoms with van der Waals surface area (Å²) in [4.78, 5) is 84.5. The van der Waals surface area contributed by atoms with Crippen LogP contribution in [-0.4, -0.2) is 131 Å². The maximum atomic E-state index is 13.3. The van der Waals surface area contributed by atoms with E-state index < -0.39 is 70.9 Å². The van der Waals surface area contributed by atoms with Gasteiger partial charge in [0.2, 0.25) is 11.8 Å². The Morgan fingerprint density at radius 1 is 0.758 bits per heavy atom. The molecule has 2 fully saturated rings. The van der Waals surface area contributed by atoms with Gasteiger partial charge in [-0.2, -0.15) is 0 Å². The zero-order valence-electron chi connectivity index (χ0n) is 36.0. The minimum atomic E-state index is -1.09. The van der Waals surface area contributed by atoms with E-state index in [9.17, 15) is 39.0 Å². The molecule has 19 nitrogen and oxygen atoms in total. The number of nitrogens with zero attached hydrogens (tertiary/aromatic N) is 4. The molecule has 20 heteroatoms. The number of furan rings is 1. The molecule has 4 amide bonds. The van der Waals surface area contributed by atoms with Crippen LogP contribution in [-0.2, 0) is 28.7 Å². The van der Waals surface area contributed by atoms with Gasteiger partial charge in [0.15, 0.2) is 0 Å². The highest BCUT2D eigenvalue weighted by molar-refractivity contribution is 9.10. The summed E-state index contributed by atoms with van der Waals surface area (Å²) in [5, 5.41) is 24.4. The molecule has 0 aliphatic carbocycles. The molecule has 0 aromatic carbocycles. The van der Waals surface area contributed by atoms with E-state index in [1.807, 2.05) is 0 Å². The van der Waals surface area contributed by atoms with E-state index in [0.29, 0.717) is 21.8 Å². The minimum Gasteiger partial charge on any atom is -0.493 e. The zero-order chi connectivity index (χ0) is 45.9.